The van der Waals surface area contributed by atoms with Crippen LogP contribution >= 0.6 is 11.3 Å². The fraction of sp³-hybridized carbons (Fsp3) is 0.238. The maximum absolute atomic E-state index is 12.7. The van der Waals surface area contributed by atoms with Crippen LogP contribution in [0.5, 0.6) is 5.75 Å². The predicted octanol–water partition coefficient (Wildman–Crippen LogP) is 5.09. The lowest BCUT2D eigenvalue weighted by Crippen LogP contribution is -2.24. The SMILES string of the molecule is CCOc1cccc(CNC(=O)Cc2csc(-c3ccc(C(F)(F)F)cc3)n2)c1. The number of benzene rings is 2. The van der Waals surface area contributed by atoms with Crippen molar-refractivity contribution in [2.24, 2.45) is 0 Å². The maximum Gasteiger partial charge on any atom is 0.416 e. The van der Waals surface area contributed by atoms with Gasteiger partial charge >= 0.3 is 6.18 Å². The minimum atomic E-state index is -4.37. The Kier molecular flexibility index (Phi) is 6.53. The van der Waals surface area contributed by atoms with Gasteiger partial charge in [0.05, 0.1) is 24.3 Å². The van der Waals surface area contributed by atoms with Crippen LogP contribution in [0.4, 0.5) is 13.2 Å². The summed E-state index contributed by atoms with van der Waals surface area (Å²) in [6, 6.07) is 12.3. The second-order valence-corrected chi connectivity index (χ2v) is 7.11. The number of rotatable bonds is 7. The van der Waals surface area contributed by atoms with Crippen molar-refractivity contribution in [1.29, 1.82) is 0 Å². The highest BCUT2D eigenvalue weighted by molar-refractivity contribution is 7.13. The van der Waals surface area contributed by atoms with E-state index in [9.17, 15) is 18.0 Å². The van der Waals surface area contributed by atoms with Crippen molar-refractivity contribution < 1.29 is 22.7 Å². The molecule has 1 amide bonds. The number of hydrogen-bond donors (Lipinski definition) is 1. The Morgan fingerprint density at radius 3 is 2.62 bits per heavy atom. The first kappa shape index (κ1) is 20.9. The Morgan fingerprint density at radius 2 is 1.93 bits per heavy atom. The standard InChI is InChI=1S/C21H19F3N2O2S/c1-2-28-18-5-3-4-14(10-18)12-25-19(27)11-17-13-29-20(26-17)15-6-8-16(9-7-15)21(22,23)24/h3-10,13H,2,11-12H2,1H3,(H,25,27). The van der Waals surface area contributed by atoms with Crippen LogP contribution in [0.15, 0.2) is 53.9 Å². The Bertz CT molecular complexity index is 969. The lowest BCUT2D eigenvalue weighted by atomic mass is 10.1. The van der Waals surface area contributed by atoms with Gasteiger partial charge in [0.2, 0.25) is 5.91 Å². The van der Waals surface area contributed by atoms with E-state index < -0.39 is 11.7 Å². The topological polar surface area (TPSA) is 51.2 Å². The zero-order valence-electron chi connectivity index (χ0n) is 15.6. The van der Waals surface area contributed by atoms with E-state index in [2.05, 4.69) is 10.3 Å². The number of nitrogens with zero attached hydrogens (tertiary/aromatic N) is 1. The van der Waals surface area contributed by atoms with Crippen LogP contribution in [-0.2, 0) is 23.9 Å². The average molecular weight is 420 g/mol. The summed E-state index contributed by atoms with van der Waals surface area (Å²) < 4.78 is 43.4. The van der Waals surface area contributed by atoms with Crippen molar-refractivity contribution in [3.05, 3.63) is 70.7 Å². The monoisotopic (exact) mass is 420 g/mol. The molecule has 1 aromatic heterocycles. The van der Waals surface area contributed by atoms with Crippen molar-refractivity contribution in [1.82, 2.24) is 10.3 Å². The van der Waals surface area contributed by atoms with Gasteiger partial charge < -0.3 is 10.1 Å². The third-order valence-corrected chi connectivity index (χ3v) is 4.99. The number of alkyl halides is 3. The molecule has 0 aliphatic carbocycles. The first-order valence-corrected chi connectivity index (χ1v) is 9.83. The van der Waals surface area contributed by atoms with Gasteiger partial charge in [-0.25, -0.2) is 4.98 Å². The van der Waals surface area contributed by atoms with Gasteiger partial charge in [0.25, 0.3) is 0 Å². The molecule has 1 N–H and O–H groups in total. The van der Waals surface area contributed by atoms with E-state index >= 15 is 0 Å². The highest BCUT2D eigenvalue weighted by Crippen LogP contribution is 2.31. The van der Waals surface area contributed by atoms with E-state index in [1.54, 1.807) is 5.38 Å². The number of carbonyl (C=O) groups excluding carboxylic acids is 1. The summed E-state index contributed by atoms with van der Waals surface area (Å²) in [4.78, 5) is 16.6. The van der Waals surface area contributed by atoms with Gasteiger partial charge in [0, 0.05) is 17.5 Å². The molecule has 2 aromatic carbocycles. The molecule has 3 rings (SSSR count). The third-order valence-electron chi connectivity index (χ3n) is 4.05. The van der Waals surface area contributed by atoms with Gasteiger partial charge in [-0.3, -0.25) is 4.79 Å². The van der Waals surface area contributed by atoms with E-state index in [-0.39, 0.29) is 12.3 Å². The Morgan fingerprint density at radius 1 is 1.17 bits per heavy atom. The van der Waals surface area contributed by atoms with Crippen LogP contribution in [0.1, 0.15) is 23.7 Å². The summed E-state index contributed by atoms with van der Waals surface area (Å²) in [7, 11) is 0. The van der Waals surface area contributed by atoms with Crippen LogP contribution in [0.3, 0.4) is 0 Å². The molecule has 1 heterocycles. The number of thiazole rings is 1. The Labute approximate surface area is 170 Å². The summed E-state index contributed by atoms with van der Waals surface area (Å²) in [6.45, 7) is 2.85. The van der Waals surface area contributed by atoms with Crippen LogP contribution < -0.4 is 10.1 Å². The normalized spacial score (nSPS) is 11.3. The van der Waals surface area contributed by atoms with Gasteiger partial charge in [0.15, 0.2) is 0 Å². The molecule has 0 saturated carbocycles. The van der Waals surface area contributed by atoms with E-state index in [0.29, 0.717) is 29.4 Å². The number of nitrogens with one attached hydrogen (secondary N) is 1. The summed E-state index contributed by atoms with van der Waals surface area (Å²) in [6.07, 6.45) is -4.27. The van der Waals surface area contributed by atoms with Crippen LogP contribution in [0, 0.1) is 0 Å². The van der Waals surface area contributed by atoms with Crippen molar-refractivity contribution in [2.75, 3.05) is 6.61 Å². The zero-order valence-corrected chi connectivity index (χ0v) is 16.4. The minimum Gasteiger partial charge on any atom is -0.494 e. The largest absolute Gasteiger partial charge is 0.494 e. The summed E-state index contributed by atoms with van der Waals surface area (Å²) >= 11 is 1.29. The number of ether oxygens (including phenoxy) is 1. The molecule has 0 aliphatic heterocycles. The highest BCUT2D eigenvalue weighted by Gasteiger charge is 2.30. The van der Waals surface area contributed by atoms with Crippen LogP contribution in [0.25, 0.3) is 10.6 Å². The van der Waals surface area contributed by atoms with Gasteiger partial charge in [-0.2, -0.15) is 13.2 Å². The number of carbonyl (C=O) groups is 1. The van der Waals surface area contributed by atoms with Crippen molar-refractivity contribution in [2.45, 2.75) is 26.1 Å². The molecule has 152 valence electrons. The van der Waals surface area contributed by atoms with Crippen molar-refractivity contribution in [3.8, 4) is 16.3 Å². The van der Waals surface area contributed by atoms with E-state index in [1.807, 2.05) is 31.2 Å². The molecule has 0 spiro atoms. The lowest BCUT2D eigenvalue weighted by molar-refractivity contribution is -0.137. The molecule has 0 unspecified atom stereocenters. The molecule has 0 aliphatic rings. The summed E-state index contributed by atoms with van der Waals surface area (Å²) in [5.41, 5.74) is 1.38. The van der Waals surface area contributed by atoms with Gasteiger partial charge in [-0.1, -0.05) is 24.3 Å². The predicted molar refractivity (Wildman–Crippen MR) is 106 cm³/mol. The zero-order chi connectivity index (χ0) is 20.9. The molecule has 29 heavy (non-hydrogen) atoms. The van der Waals surface area contributed by atoms with Gasteiger partial charge in [-0.15, -0.1) is 11.3 Å². The van der Waals surface area contributed by atoms with Crippen molar-refractivity contribution in [3.63, 3.8) is 0 Å². The van der Waals surface area contributed by atoms with E-state index in [4.69, 9.17) is 4.74 Å². The first-order chi connectivity index (χ1) is 13.8. The quantitative estimate of drug-likeness (QED) is 0.580. The van der Waals surface area contributed by atoms with Crippen LogP contribution in [0.2, 0.25) is 0 Å². The van der Waals surface area contributed by atoms with Crippen molar-refractivity contribution >= 4 is 17.2 Å². The number of amides is 1. The molecule has 0 fully saturated rings. The molecular weight excluding hydrogens is 401 g/mol. The molecular formula is C21H19F3N2O2S. The number of hydrogen-bond acceptors (Lipinski definition) is 4. The molecule has 8 heteroatoms. The fourth-order valence-corrected chi connectivity index (χ4v) is 3.49. The van der Waals surface area contributed by atoms with Gasteiger partial charge in [0.1, 0.15) is 10.8 Å². The maximum atomic E-state index is 12.7. The lowest BCUT2D eigenvalue weighted by Gasteiger charge is -2.07. The second kappa shape index (κ2) is 9.09. The van der Waals surface area contributed by atoms with Crippen LogP contribution in [-0.4, -0.2) is 17.5 Å². The highest BCUT2D eigenvalue weighted by atomic mass is 32.1. The average Bonchev–Trinajstić information content (AvgIpc) is 3.15. The third kappa shape index (κ3) is 5.80. The minimum absolute atomic E-state index is 0.0995. The summed E-state index contributed by atoms with van der Waals surface area (Å²) in [5, 5.41) is 5.15. The molecule has 0 atom stereocenters. The van der Waals surface area contributed by atoms with E-state index in [0.717, 1.165) is 23.4 Å². The molecule has 0 saturated heterocycles. The number of aromatic nitrogens is 1. The first-order valence-electron chi connectivity index (χ1n) is 8.95. The number of halogens is 3. The van der Waals surface area contributed by atoms with E-state index in [1.165, 1.54) is 23.5 Å². The van der Waals surface area contributed by atoms with Gasteiger partial charge in [-0.05, 0) is 36.8 Å². The molecule has 0 bridgehead atoms. The Balaban J connectivity index is 1.57. The molecule has 4 nitrogen and oxygen atoms in total. The fourth-order valence-electron chi connectivity index (χ4n) is 2.66. The molecule has 3 aromatic rings. The molecule has 0 radical (unpaired) electrons. The summed E-state index contributed by atoms with van der Waals surface area (Å²) in [5.74, 6) is 0.566. The Hall–Kier alpha value is -2.87. The second-order valence-electron chi connectivity index (χ2n) is 6.25. The smallest absolute Gasteiger partial charge is 0.416 e.